The van der Waals surface area contributed by atoms with E-state index in [9.17, 15) is 28.1 Å². The van der Waals surface area contributed by atoms with Gasteiger partial charge < -0.3 is 5.32 Å². The Morgan fingerprint density at radius 1 is 1.13 bits per heavy atom. The van der Waals surface area contributed by atoms with Gasteiger partial charge in [-0.05, 0) is 47.8 Å². The van der Waals surface area contributed by atoms with Crippen LogP contribution in [-0.4, -0.2) is 25.4 Å². The Labute approximate surface area is 239 Å². The zero-order valence-electron chi connectivity index (χ0n) is 19.1. The van der Waals surface area contributed by atoms with Crippen molar-refractivity contribution >= 4 is 73.6 Å². The second kappa shape index (κ2) is 10.6. The number of amides is 1. The van der Waals surface area contributed by atoms with Gasteiger partial charge in [-0.3, -0.25) is 14.9 Å². The van der Waals surface area contributed by atoms with Gasteiger partial charge in [-0.25, -0.2) is 9.50 Å². The molecular weight excluding hydrogens is 643 g/mol. The Morgan fingerprint density at radius 3 is 2.51 bits per heavy atom. The van der Waals surface area contributed by atoms with E-state index >= 15 is 0 Å². The van der Waals surface area contributed by atoms with Crippen molar-refractivity contribution in [2.24, 2.45) is 0 Å². The number of aromatic nitrogens is 3. The molecule has 2 aromatic carbocycles. The molecule has 0 bridgehead atoms. The smallest absolute Gasteiger partial charge is 0.320 e. The quantitative estimate of drug-likeness (QED) is 0.146. The Bertz CT molecular complexity index is 1730. The van der Waals surface area contributed by atoms with Crippen molar-refractivity contribution in [2.45, 2.75) is 16.0 Å². The molecule has 198 valence electrons. The number of fused-ring (bicyclic) bond motifs is 1. The summed E-state index contributed by atoms with van der Waals surface area (Å²) in [4.78, 5) is 29.9. The zero-order valence-corrected chi connectivity index (χ0v) is 23.0. The lowest BCUT2D eigenvalue weighted by molar-refractivity contribution is -0.385. The maximum Gasteiger partial charge on any atom is 0.433 e. The van der Waals surface area contributed by atoms with Gasteiger partial charge in [0.15, 0.2) is 17.0 Å². The second-order valence-corrected chi connectivity index (χ2v) is 11.3. The molecule has 0 radical (unpaired) electrons. The minimum absolute atomic E-state index is 0.0203. The Balaban J connectivity index is 1.52. The molecule has 0 aliphatic rings. The molecular formula is C24H12BrClF3N5O3S2. The van der Waals surface area contributed by atoms with Crippen LogP contribution in [0.1, 0.15) is 16.2 Å². The van der Waals surface area contributed by atoms with Crippen molar-refractivity contribution in [1.82, 2.24) is 14.6 Å². The molecule has 5 aromatic rings. The SMILES string of the molecule is O=C(Nc1cc(Sc2ccc(Br)cc2)cc([N+](=O)[O-])c1)c1nn2c(C(F)(F)F)cc(-c3cccs3)nc2c1Cl. The summed E-state index contributed by atoms with van der Waals surface area (Å²) in [6.07, 6.45) is -4.82. The summed E-state index contributed by atoms with van der Waals surface area (Å²) in [7, 11) is 0. The van der Waals surface area contributed by atoms with Gasteiger partial charge in [0.2, 0.25) is 0 Å². The number of carbonyl (C=O) groups is 1. The third-order valence-electron chi connectivity index (χ3n) is 5.22. The normalized spacial score (nSPS) is 11.6. The molecule has 39 heavy (non-hydrogen) atoms. The number of anilines is 1. The third kappa shape index (κ3) is 5.78. The molecule has 0 unspecified atom stereocenters. The summed E-state index contributed by atoms with van der Waals surface area (Å²) >= 11 is 12.1. The molecule has 3 heterocycles. The first-order chi connectivity index (χ1) is 18.5. The van der Waals surface area contributed by atoms with E-state index in [-0.39, 0.29) is 22.7 Å². The number of rotatable bonds is 6. The molecule has 0 aliphatic heterocycles. The second-order valence-electron chi connectivity index (χ2n) is 7.88. The maximum atomic E-state index is 13.9. The first kappa shape index (κ1) is 27.1. The minimum atomic E-state index is -4.82. The lowest BCUT2D eigenvalue weighted by Gasteiger charge is -2.10. The monoisotopic (exact) mass is 653 g/mol. The third-order valence-corrected chi connectivity index (χ3v) is 7.97. The molecule has 0 saturated carbocycles. The fourth-order valence-corrected chi connectivity index (χ4v) is 5.64. The fourth-order valence-electron chi connectivity index (χ4n) is 3.54. The number of thiophene rings is 1. The number of non-ortho nitro benzene ring substituents is 1. The molecule has 15 heteroatoms. The fraction of sp³-hybridized carbons (Fsp3) is 0.0417. The summed E-state index contributed by atoms with van der Waals surface area (Å²) in [6.45, 7) is 0. The molecule has 0 aliphatic carbocycles. The first-order valence-corrected chi connectivity index (χ1v) is 13.6. The van der Waals surface area contributed by atoms with Crippen LogP contribution in [0.2, 0.25) is 5.02 Å². The van der Waals surface area contributed by atoms with Crippen LogP contribution in [0, 0.1) is 10.1 Å². The minimum Gasteiger partial charge on any atom is -0.320 e. The van der Waals surface area contributed by atoms with Gasteiger partial charge in [0, 0.05) is 32.1 Å². The van der Waals surface area contributed by atoms with Crippen LogP contribution in [0.5, 0.6) is 0 Å². The number of halogens is 5. The molecule has 5 rings (SSSR count). The summed E-state index contributed by atoms with van der Waals surface area (Å²) in [5, 5.41) is 19.1. The summed E-state index contributed by atoms with van der Waals surface area (Å²) < 4.78 is 43.0. The standard InChI is InChI=1S/C24H12BrClF3N5O3S2/c25-12-3-5-15(6-4-12)39-16-9-13(8-14(10-16)34(36)37)30-23(35)21-20(26)22-31-17(18-2-1-7-38-18)11-19(24(27,28)29)33(22)32-21/h1-11H,(H,30,35). The molecule has 0 spiro atoms. The van der Waals surface area contributed by atoms with E-state index < -0.39 is 33.4 Å². The average molecular weight is 655 g/mol. The highest BCUT2D eigenvalue weighted by Crippen LogP contribution is 2.37. The number of hydrogen-bond acceptors (Lipinski definition) is 7. The van der Waals surface area contributed by atoms with Crippen LogP contribution >= 0.6 is 50.6 Å². The van der Waals surface area contributed by atoms with E-state index in [1.807, 2.05) is 0 Å². The number of nitro groups is 1. The average Bonchev–Trinajstić information content (AvgIpc) is 3.53. The zero-order chi connectivity index (χ0) is 27.9. The van der Waals surface area contributed by atoms with Crippen LogP contribution in [0.25, 0.3) is 16.2 Å². The molecule has 1 amide bonds. The Morgan fingerprint density at radius 2 is 1.87 bits per heavy atom. The predicted octanol–water partition coefficient (Wildman–Crippen LogP) is 8.20. The highest BCUT2D eigenvalue weighted by Gasteiger charge is 2.37. The van der Waals surface area contributed by atoms with Crippen LogP contribution in [0.15, 0.2) is 80.3 Å². The molecule has 1 N–H and O–H groups in total. The Hall–Kier alpha value is -3.46. The van der Waals surface area contributed by atoms with E-state index in [1.165, 1.54) is 35.2 Å². The van der Waals surface area contributed by atoms with Gasteiger partial charge in [0.05, 0.1) is 15.5 Å². The van der Waals surface area contributed by atoms with Crippen molar-refractivity contribution in [3.8, 4) is 10.6 Å². The van der Waals surface area contributed by atoms with E-state index in [1.54, 1.807) is 41.8 Å². The molecule has 8 nitrogen and oxygen atoms in total. The predicted molar refractivity (Wildman–Crippen MR) is 146 cm³/mol. The summed E-state index contributed by atoms with van der Waals surface area (Å²) in [5.41, 5.74) is -2.29. The van der Waals surface area contributed by atoms with Gasteiger partial charge in [0.1, 0.15) is 5.02 Å². The van der Waals surface area contributed by atoms with Crippen LogP contribution in [-0.2, 0) is 6.18 Å². The lowest BCUT2D eigenvalue weighted by Crippen LogP contribution is -2.16. The number of carbonyl (C=O) groups excluding carboxylic acids is 1. The molecule has 0 fully saturated rings. The maximum absolute atomic E-state index is 13.9. The number of hydrogen-bond donors (Lipinski definition) is 1. The number of benzene rings is 2. The van der Waals surface area contributed by atoms with Crippen LogP contribution < -0.4 is 5.32 Å². The molecule has 0 saturated heterocycles. The van der Waals surface area contributed by atoms with Crippen molar-refractivity contribution in [3.05, 3.63) is 97.0 Å². The van der Waals surface area contributed by atoms with Gasteiger partial charge >= 0.3 is 6.18 Å². The topological polar surface area (TPSA) is 102 Å². The van der Waals surface area contributed by atoms with E-state index in [2.05, 4.69) is 31.3 Å². The van der Waals surface area contributed by atoms with Gasteiger partial charge in [-0.15, -0.1) is 11.3 Å². The van der Waals surface area contributed by atoms with Crippen LogP contribution in [0.4, 0.5) is 24.5 Å². The van der Waals surface area contributed by atoms with Crippen molar-refractivity contribution < 1.29 is 22.9 Å². The number of nitro benzene ring substituents is 1. The van der Waals surface area contributed by atoms with Gasteiger partial charge in [-0.1, -0.05) is 45.4 Å². The number of nitrogens with one attached hydrogen (secondary N) is 1. The van der Waals surface area contributed by atoms with Crippen molar-refractivity contribution in [3.63, 3.8) is 0 Å². The molecule has 3 aromatic heterocycles. The first-order valence-electron chi connectivity index (χ1n) is 10.7. The van der Waals surface area contributed by atoms with Crippen LogP contribution in [0.3, 0.4) is 0 Å². The van der Waals surface area contributed by atoms with E-state index in [4.69, 9.17) is 11.6 Å². The van der Waals surface area contributed by atoms with E-state index in [0.29, 0.717) is 14.3 Å². The lowest BCUT2D eigenvalue weighted by atomic mass is 10.2. The Kier molecular flexibility index (Phi) is 7.37. The number of nitrogens with zero attached hydrogens (tertiary/aromatic N) is 4. The van der Waals surface area contributed by atoms with E-state index in [0.717, 1.165) is 21.5 Å². The largest absolute Gasteiger partial charge is 0.433 e. The van der Waals surface area contributed by atoms with Gasteiger partial charge in [0.25, 0.3) is 11.6 Å². The van der Waals surface area contributed by atoms with Crippen molar-refractivity contribution in [2.75, 3.05) is 5.32 Å². The number of alkyl halides is 3. The molecule has 0 atom stereocenters. The highest BCUT2D eigenvalue weighted by molar-refractivity contribution is 9.10. The van der Waals surface area contributed by atoms with Crippen molar-refractivity contribution in [1.29, 1.82) is 0 Å². The highest BCUT2D eigenvalue weighted by atomic mass is 79.9. The summed E-state index contributed by atoms with van der Waals surface area (Å²) in [5.74, 6) is -0.962. The van der Waals surface area contributed by atoms with Gasteiger partial charge in [-0.2, -0.15) is 18.3 Å². The summed E-state index contributed by atoms with van der Waals surface area (Å²) in [6, 6.07) is 15.3.